The van der Waals surface area contributed by atoms with E-state index in [0.29, 0.717) is 37.4 Å². The molecule has 1 saturated heterocycles. The van der Waals surface area contributed by atoms with Gasteiger partial charge in [0, 0.05) is 18.7 Å². The summed E-state index contributed by atoms with van der Waals surface area (Å²) in [5.41, 5.74) is 1.13. The molecule has 7 heteroatoms. The molecule has 2 aromatic rings. The lowest BCUT2D eigenvalue weighted by Gasteiger charge is -2.26. The van der Waals surface area contributed by atoms with Gasteiger partial charge in [-0.2, -0.15) is 4.68 Å². The molecule has 114 valence electrons. The molecule has 1 aliphatic rings. The van der Waals surface area contributed by atoms with Crippen molar-refractivity contribution < 1.29 is 13.9 Å². The average molecular weight is 301 g/mol. The van der Waals surface area contributed by atoms with Crippen LogP contribution in [0.1, 0.15) is 5.56 Å². The Hall–Kier alpha value is -2.41. The van der Waals surface area contributed by atoms with Gasteiger partial charge in [-0.3, -0.25) is 4.79 Å². The van der Waals surface area contributed by atoms with Crippen molar-refractivity contribution in [2.24, 2.45) is 0 Å². The monoisotopic (exact) mass is 301 g/mol. The lowest BCUT2D eigenvalue weighted by molar-refractivity contribution is -0.136. The molecule has 0 saturated carbocycles. The lowest BCUT2D eigenvalue weighted by Crippen LogP contribution is -2.43. The van der Waals surface area contributed by atoms with E-state index in [4.69, 9.17) is 16.1 Å². The third-order valence-electron chi connectivity index (χ3n) is 3.39. The van der Waals surface area contributed by atoms with Gasteiger partial charge in [0.15, 0.2) is 0 Å². The predicted molar refractivity (Wildman–Crippen MR) is 77.0 cm³/mol. The minimum atomic E-state index is -0.668. The van der Waals surface area contributed by atoms with E-state index in [1.54, 1.807) is 29.2 Å². The van der Waals surface area contributed by atoms with Crippen molar-refractivity contribution in [3.8, 4) is 11.5 Å². The molecule has 1 aromatic carbocycles. The highest BCUT2D eigenvalue weighted by molar-refractivity contribution is 5.76. The second kappa shape index (κ2) is 6.15. The minimum absolute atomic E-state index is 0.145. The molecule has 3 rings (SSSR count). The van der Waals surface area contributed by atoms with Crippen LogP contribution >= 0.6 is 0 Å². The van der Waals surface area contributed by atoms with Crippen LogP contribution in [0.2, 0.25) is 0 Å². The zero-order valence-corrected chi connectivity index (χ0v) is 11.9. The summed E-state index contributed by atoms with van der Waals surface area (Å²) >= 11 is 0. The Morgan fingerprint density at radius 1 is 1.32 bits per heavy atom. The number of hydrogen-bond acceptors (Lipinski definition) is 5. The van der Waals surface area contributed by atoms with Crippen LogP contribution in [-0.2, 0) is 16.1 Å². The Balaban J connectivity index is 1.78. The fourth-order valence-electron chi connectivity index (χ4n) is 2.24. The van der Waals surface area contributed by atoms with Crippen molar-refractivity contribution in [2.45, 2.75) is 6.54 Å². The Morgan fingerprint density at radius 3 is 2.82 bits per heavy atom. The van der Waals surface area contributed by atoms with E-state index in [9.17, 15) is 9.59 Å². The zero-order valence-electron chi connectivity index (χ0n) is 11.9. The second-order valence-corrected chi connectivity index (χ2v) is 4.95. The summed E-state index contributed by atoms with van der Waals surface area (Å²) in [4.78, 5) is 25.6. The largest absolute Gasteiger partial charge is 0.437 e. The van der Waals surface area contributed by atoms with E-state index in [1.807, 2.05) is 0 Å². The van der Waals surface area contributed by atoms with E-state index in [-0.39, 0.29) is 18.3 Å². The first-order valence-corrected chi connectivity index (χ1v) is 6.93. The van der Waals surface area contributed by atoms with E-state index < -0.39 is 5.76 Å². The predicted octanol–water partition coefficient (Wildman–Crippen LogP) is 0.421. The van der Waals surface area contributed by atoms with Crippen molar-refractivity contribution >= 4 is 5.91 Å². The molecule has 0 aliphatic carbocycles. The molecule has 0 bridgehead atoms. The van der Waals surface area contributed by atoms with Crippen LogP contribution in [0.25, 0.3) is 11.5 Å². The van der Waals surface area contributed by atoms with Crippen molar-refractivity contribution in [3.63, 3.8) is 0 Å². The Bertz CT molecular complexity index is 728. The first-order chi connectivity index (χ1) is 10.6. The van der Waals surface area contributed by atoms with Crippen molar-refractivity contribution in [1.82, 2.24) is 14.7 Å². The number of benzene rings is 1. The first-order valence-electron chi connectivity index (χ1n) is 6.93. The minimum Gasteiger partial charge on any atom is -0.388 e. The molecule has 1 amide bonds. The number of nitrogens with zero attached hydrogens (tertiary/aromatic N) is 3. The van der Waals surface area contributed by atoms with Gasteiger partial charge >= 0.3 is 5.76 Å². The lowest BCUT2D eigenvalue weighted by atomic mass is 10.1. The SMILES string of the molecule is [CH]c1cccc(-c2nn(CC(=O)N3CCOCC3)c(=O)o2)c1. The molecule has 2 radical (unpaired) electrons. The van der Waals surface area contributed by atoms with Gasteiger partial charge in [0.05, 0.1) is 13.2 Å². The quantitative estimate of drug-likeness (QED) is 0.821. The van der Waals surface area contributed by atoms with Gasteiger partial charge in [0.1, 0.15) is 6.54 Å². The summed E-state index contributed by atoms with van der Waals surface area (Å²) in [7, 11) is 0. The van der Waals surface area contributed by atoms with Gasteiger partial charge < -0.3 is 14.1 Å². The number of amides is 1. The van der Waals surface area contributed by atoms with Crippen LogP contribution in [0.3, 0.4) is 0 Å². The standard InChI is InChI=1S/C15H15N3O4/c1-11-3-2-4-12(9-11)14-16-18(15(20)22-14)10-13(19)17-5-7-21-8-6-17/h1-4,9H,5-8,10H2. The number of aromatic nitrogens is 2. The smallest absolute Gasteiger partial charge is 0.388 e. The average Bonchev–Trinajstić information content (AvgIpc) is 2.89. The third kappa shape index (κ3) is 3.09. The first kappa shape index (κ1) is 14.5. The maximum Gasteiger partial charge on any atom is 0.437 e. The molecule has 0 N–H and O–H groups in total. The normalized spacial score (nSPS) is 15.0. The number of rotatable bonds is 3. The number of carbonyl (C=O) groups excluding carboxylic acids is 1. The van der Waals surface area contributed by atoms with E-state index in [1.165, 1.54) is 0 Å². The number of morpholine rings is 1. The summed E-state index contributed by atoms with van der Waals surface area (Å²) in [5, 5.41) is 4.06. The maximum atomic E-state index is 12.1. The summed E-state index contributed by atoms with van der Waals surface area (Å²) in [6, 6.07) is 6.85. The molecule has 1 aromatic heterocycles. The molecular weight excluding hydrogens is 286 g/mol. The highest BCUT2D eigenvalue weighted by Gasteiger charge is 2.20. The summed E-state index contributed by atoms with van der Waals surface area (Å²) in [5.74, 6) is -0.705. The molecule has 0 spiro atoms. The van der Waals surface area contributed by atoms with Gasteiger partial charge in [-0.15, -0.1) is 5.10 Å². The Labute approximate surface area is 127 Å². The van der Waals surface area contributed by atoms with Crippen LogP contribution in [-0.4, -0.2) is 46.9 Å². The molecule has 2 heterocycles. The summed E-state index contributed by atoms with van der Waals surface area (Å²) in [6.45, 7) is 7.60. The van der Waals surface area contributed by atoms with Crippen molar-refractivity contribution in [1.29, 1.82) is 0 Å². The van der Waals surface area contributed by atoms with Crippen molar-refractivity contribution in [3.05, 3.63) is 47.3 Å². The van der Waals surface area contributed by atoms with E-state index in [0.717, 1.165) is 4.68 Å². The highest BCUT2D eigenvalue weighted by atomic mass is 16.5. The molecule has 0 atom stereocenters. The number of ether oxygens (including phenoxy) is 1. The zero-order chi connectivity index (χ0) is 15.5. The van der Waals surface area contributed by atoms with Crippen LogP contribution in [0, 0.1) is 6.92 Å². The molecule has 1 aliphatic heterocycles. The molecule has 1 fully saturated rings. The van der Waals surface area contributed by atoms with Gasteiger partial charge in [-0.05, 0) is 24.6 Å². The van der Waals surface area contributed by atoms with Crippen molar-refractivity contribution in [2.75, 3.05) is 26.3 Å². The Kier molecular flexibility index (Phi) is 4.06. The highest BCUT2D eigenvalue weighted by Crippen LogP contribution is 2.16. The molecule has 22 heavy (non-hydrogen) atoms. The van der Waals surface area contributed by atoms with Gasteiger partial charge in [0.25, 0.3) is 0 Å². The Morgan fingerprint density at radius 2 is 2.09 bits per heavy atom. The number of carbonyl (C=O) groups is 1. The topological polar surface area (TPSA) is 77.6 Å². The third-order valence-corrected chi connectivity index (χ3v) is 3.39. The number of hydrogen-bond donors (Lipinski definition) is 0. The fourth-order valence-corrected chi connectivity index (χ4v) is 2.24. The summed E-state index contributed by atoms with van der Waals surface area (Å²) in [6.07, 6.45) is 0. The van der Waals surface area contributed by atoms with Crippen LogP contribution < -0.4 is 5.76 Å². The second-order valence-electron chi connectivity index (χ2n) is 4.95. The van der Waals surface area contributed by atoms with Gasteiger partial charge in [-0.25, -0.2) is 4.79 Å². The molecule has 0 unspecified atom stereocenters. The van der Waals surface area contributed by atoms with Gasteiger partial charge in [-0.1, -0.05) is 12.1 Å². The molecule has 7 nitrogen and oxygen atoms in total. The summed E-state index contributed by atoms with van der Waals surface area (Å²) < 4.78 is 11.3. The van der Waals surface area contributed by atoms with Crippen LogP contribution in [0.15, 0.2) is 33.5 Å². The molecular formula is C15H15N3O4. The maximum absolute atomic E-state index is 12.1. The van der Waals surface area contributed by atoms with E-state index >= 15 is 0 Å². The van der Waals surface area contributed by atoms with E-state index in [2.05, 4.69) is 5.10 Å². The van der Waals surface area contributed by atoms with Crippen LogP contribution in [0.4, 0.5) is 0 Å². The van der Waals surface area contributed by atoms with Crippen LogP contribution in [0.5, 0.6) is 0 Å². The van der Waals surface area contributed by atoms with Gasteiger partial charge in [0.2, 0.25) is 11.8 Å². The fraction of sp³-hybridized carbons (Fsp3) is 0.333.